The first-order chi connectivity index (χ1) is 9.58. The van der Waals surface area contributed by atoms with Crippen molar-refractivity contribution in [2.24, 2.45) is 0 Å². The van der Waals surface area contributed by atoms with Gasteiger partial charge in [-0.1, -0.05) is 32.9 Å². The van der Waals surface area contributed by atoms with Gasteiger partial charge in [0.15, 0.2) is 8.32 Å². The Kier molecular flexibility index (Phi) is 6.40. The summed E-state index contributed by atoms with van der Waals surface area (Å²) in [6.07, 6.45) is 5.64. The summed E-state index contributed by atoms with van der Waals surface area (Å²) in [6, 6.07) is 0. The summed E-state index contributed by atoms with van der Waals surface area (Å²) in [5, 5.41) is 0.216. The van der Waals surface area contributed by atoms with Gasteiger partial charge in [0.25, 0.3) is 0 Å². The van der Waals surface area contributed by atoms with Crippen molar-refractivity contribution in [1.29, 1.82) is 0 Å². The number of carbonyl (C=O) groups is 1. The number of hydrogen-bond acceptors (Lipinski definition) is 4. The van der Waals surface area contributed by atoms with Crippen molar-refractivity contribution in [1.82, 2.24) is 0 Å². The number of esters is 1. The van der Waals surface area contributed by atoms with Crippen molar-refractivity contribution in [2.45, 2.75) is 51.1 Å². The molecule has 1 aliphatic heterocycles. The Bertz CT molecular complexity index is 437. The molecule has 0 aliphatic carbocycles. The van der Waals surface area contributed by atoms with Crippen LogP contribution in [0.4, 0.5) is 0 Å². The second-order valence-electron chi connectivity index (χ2n) is 6.57. The molecule has 0 radical (unpaired) electrons. The van der Waals surface area contributed by atoms with Crippen LogP contribution in [0.25, 0.3) is 0 Å². The van der Waals surface area contributed by atoms with E-state index >= 15 is 0 Å². The van der Waals surface area contributed by atoms with E-state index in [2.05, 4.69) is 54.5 Å². The highest BCUT2D eigenvalue weighted by molar-refractivity contribution is 9.12. The van der Waals surface area contributed by atoms with E-state index in [-0.39, 0.29) is 17.2 Å². The maximum atomic E-state index is 11.2. The number of rotatable bonds is 6. The molecule has 1 aliphatic rings. The molecule has 21 heavy (non-hydrogen) atoms. The minimum atomic E-state index is -1.69. The standard InChI is InChI=1S/C15H25BrO4Si/c1-15(2,3)21(5,6)19-9-7-8-12-13(20-12)10-11(16)14(17)18-4/h7-8,10,12-13H,9H2,1-6H3/b8-7+,11-10+/t12-,13-/m1/s1. The summed E-state index contributed by atoms with van der Waals surface area (Å²) in [7, 11) is -0.344. The van der Waals surface area contributed by atoms with Crippen LogP contribution >= 0.6 is 15.9 Å². The van der Waals surface area contributed by atoms with E-state index in [0.717, 1.165) is 0 Å². The summed E-state index contributed by atoms with van der Waals surface area (Å²) >= 11 is 3.16. The Balaban J connectivity index is 2.37. The molecule has 1 rings (SSSR count). The lowest BCUT2D eigenvalue weighted by Gasteiger charge is -2.35. The quantitative estimate of drug-likeness (QED) is 0.232. The Morgan fingerprint density at radius 2 is 1.95 bits per heavy atom. The topological polar surface area (TPSA) is 48.1 Å². The van der Waals surface area contributed by atoms with Gasteiger partial charge in [0.2, 0.25) is 0 Å². The zero-order chi connectivity index (χ0) is 16.3. The van der Waals surface area contributed by atoms with Crippen LogP contribution in [-0.4, -0.2) is 40.2 Å². The summed E-state index contributed by atoms with van der Waals surface area (Å²) in [6.45, 7) is 11.7. The van der Waals surface area contributed by atoms with Crippen LogP contribution in [0, 0.1) is 0 Å². The molecule has 0 saturated carbocycles. The van der Waals surface area contributed by atoms with E-state index in [1.165, 1.54) is 7.11 Å². The smallest absolute Gasteiger partial charge is 0.344 e. The van der Waals surface area contributed by atoms with Gasteiger partial charge in [-0.2, -0.15) is 0 Å². The average molecular weight is 377 g/mol. The van der Waals surface area contributed by atoms with Crippen LogP contribution < -0.4 is 0 Å². The molecule has 0 unspecified atom stereocenters. The first-order valence-corrected chi connectivity index (χ1v) is 10.7. The van der Waals surface area contributed by atoms with Gasteiger partial charge in [0.05, 0.1) is 13.7 Å². The second kappa shape index (κ2) is 7.22. The van der Waals surface area contributed by atoms with E-state index in [9.17, 15) is 4.79 Å². The molecule has 1 heterocycles. The average Bonchev–Trinajstić information content (AvgIpc) is 3.10. The fraction of sp³-hybridized carbons (Fsp3) is 0.667. The second-order valence-corrected chi connectivity index (χ2v) is 12.2. The highest BCUT2D eigenvalue weighted by Crippen LogP contribution is 2.36. The van der Waals surface area contributed by atoms with Gasteiger partial charge in [-0.05, 0) is 40.1 Å². The van der Waals surface area contributed by atoms with Crippen LogP contribution in [0.5, 0.6) is 0 Å². The van der Waals surface area contributed by atoms with Gasteiger partial charge in [-0.3, -0.25) is 0 Å². The third-order valence-electron chi connectivity index (χ3n) is 3.92. The Morgan fingerprint density at radius 1 is 1.33 bits per heavy atom. The van der Waals surface area contributed by atoms with Gasteiger partial charge < -0.3 is 13.9 Å². The lowest BCUT2D eigenvalue weighted by atomic mass is 10.2. The first kappa shape index (κ1) is 18.6. The highest BCUT2D eigenvalue weighted by atomic mass is 79.9. The lowest BCUT2D eigenvalue weighted by molar-refractivity contribution is -0.135. The third kappa shape index (κ3) is 5.69. The SMILES string of the molecule is COC(=O)/C(Br)=C\[C@H]1O[C@@H]1/C=C/CO[Si](C)(C)C(C)(C)C. The van der Waals surface area contributed by atoms with Crippen molar-refractivity contribution in [3.05, 3.63) is 22.7 Å². The van der Waals surface area contributed by atoms with E-state index in [0.29, 0.717) is 11.1 Å². The van der Waals surface area contributed by atoms with Crippen molar-refractivity contribution < 1.29 is 18.7 Å². The molecule has 0 amide bonds. The Hall–Kier alpha value is -0.433. The molecule has 0 N–H and O–H groups in total. The molecular weight excluding hydrogens is 352 g/mol. The van der Waals surface area contributed by atoms with Crippen molar-refractivity contribution in [3.63, 3.8) is 0 Å². The molecule has 2 atom stereocenters. The minimum Gasteiger partial charge on any atom is -0.465 e. The van der Waals surface area contributed by atoms with Gasteiger partial charge in [-0.25, -0.2) is 4.79 Å². The van der Waals surface area contributed by atoms with Crippen molar-refractivity contribution >= 4 is 30.2 Å². The van der Waals surface area contributed by atoms with E-state index in [4.69, 9.17) is 9.16 Å². The molecule has 1 fully saturated rings. The molecule has 0 spiro atoms. The number of methoxy groups -OCH3 is 1. The van der Waals surface area contributed by atoms with Crippen LogP contribution in [-0.2, 0) is 18.7 Å². The minimum absolute atomic E-state index is 0.0187. The zero-order valence-corrected chi connectivity index (χ0v) is 16.2. The monoisotopic (exact) mass is 376 g/mol. The van der Waals surface area contributed by atoms with E-state index in [1.54, 1.807) is 6.08 Å². The number of halogens is 1. The summed E-state index contributed by atoms with van der Waals surface area (Å²) in [5.74, 6) is -0.394. The van der Waals surface area contributed by atoms with Crippen molar-refractivity contribution in [3.8, 4) is 0 Å². The molecule has 120 valence electrons. The zero-order valence-electron chi connectivity index (χ0n) is 13.6. The van der Waals surface area contributed by atoms with Crippen molar-refractivity contribution in [2.75, 3.05) is 13.7 Å². The molecule has 1 saturated heterocycles. The summed E-state index contributed by atoms with van der Waals surface area (Å²) < 4.78 is 16.5. The molecule has 6 heteroatoms. The molecule has 0 aromatic rings. The first-order valence-electron chi connectivity index (χ1n) is 7.00. The van der Waals surface area contributed by atoms with Crippen LogP contribution in [0.2, 0.25) is 18.1 Å². The maximum Gasteiger partial charge on any atom is 0.344 e. The Labute approximate surface area is 136 Å². The predicted octanol–water partition coefficient (Wildman–Crippen LogP) is 3.78. The van der Waals surface area contributed by atoms with E-state index in [1.807, 2.05) is 12.2 Å². The van der Waals surface area contributed by atoms with E-state index < -0.39 is 14.3 Å². The fourth-order valence-corrected chi connectivity index (χ4v) is 2.77. The lowest BCUT2D eigenvalue weighted by Crippen LogP contribution is -2.40. The van der Waals surface area contributed by atoms with Crippen LogP contribution in [0.15, 0.2) is 22.7 Å². The number of ether oxygens (including phenoxy) is 2. The largest absolute Gasteiger partial charge is 0.465 e. The molecule has 4 nitrogen and oxygen atoms in total. The van der Waals surface area contributed by atoms with Gasteiger partial charge in [0.1, 0.15) is 16.7 Å². The summed E-state index contributed by atoms with van der Waals surface area (Å²) in [4.78, 5) is 11.2. The van der Waals surface area contributed by atoms with Gasteiger partial charge >= 0.3 is 5.97 Å². The number of hydrogen-bond donors (Lipinski definition) is 0. The molecule has 0 bridgehead atoms. The fourth-order valence-electron chi connectivity index (χ4n) is 1.40. The Morgan fingerprint density at radius 3 is 2.48 bits per heavy atom. The van der Waals surface area contributed by atoms with Gasteiger partial charge in [-0.15, -0.1) is 0 Å². The van der Waals surface area contributed by atoms with Crippen LogP contribution in [0.1, 0.15) is 20.8 Å². The molecule has 0 aromatic heterocycles. The number of carbonyl (C=O) groups excluding carboxylic acids is 1. The highest BCUT2D eigenvalue weighted by Gasteiger charge is 2.37. The maximum absolute atomic E-state index is 11.2. The normalized spacial score (nSPS) is 23.5. The summed E-state index contributed by atoms with van der Waals surface area (Å²) in [5.41, 5.74) is 0. The molecule has 0 aromatic carbocycles. The van der Waals surface area contributed by atoms with Crippen LogP contribution in [0.3, 0.4) is 0 Å². The number of epoxide rings is 1. The van der Waals surface area contributed by atoms with Gasteiger partial charge in [0, 0.05) is 0 Å². The predicted molar refractivity (Wildman–Crippen MR) is 90.0 cm³/mol. The molecular formula is C15H25BrO4Si. The third-order valence-corrected chi connectivity index (χ3v) is 9.01.